The zero-order valence-corrected chi connectivity index (χ0v) is 11.4. The molecule has 90 valence electrons. The van der Waals surface area contributed by atoms with Crippen LogP contribution in [0.25, 0.3) is 0 Å². The molecular formula is C15H24O. The summed E-state index contributed by atoms with van der Waals surface area (Å²) in [7, 11) is 0. The molecule has 1 unspecified atom stereocenters. The van der Waals surface area contributed by atoms with Crippen LogP contribution in [0, 0.1) is 16.7 Å². The van der Waals surface area contributed by atoms with Crippen molar-refractivity contribution in [1.29, 1.82) is 0 Å². The monoisotopic (exact) mass is 220 g/mol. The SMILES string of the molecule is C=C1C=CC(C(C)(C)C)=C(O)C1C(C)(C)C. The zero-order chi connectivity index (χ0) is 12.7. The first-order valence-electron chi connectivity index (χ1n) is 5.85. The third kappa shape index (κ3) is 2.40. The van der Waals surface area contributed by atoms with Crippen molar-refractivity contribution in [2.45, 2.75) is 41.5 Å². The van der Waals surface area contributed by atoms with Gasteiger partial charge in [0.1, 0.15) is 5.76 Å². The molecule has 0 saturated carbocycles. The highest BCUT2D eigenvalue weighted by Gasteiger charge is 2.35. The Morgan fingerprint density at radius 3 is 1.94 bits per heavy atom. The molecule has 1 aliphatic carbocycles. The quantitative estimate of drug-likeness (QED) is 0.631. The molecule has 0 spiro atoms. The van der Waals surface area contributed by atoms with E-state index in [2.05, 4.69) is 48.1 Å². The molecule has 0 fully saturated rings. The number of hydrogen-bond acceptors (Lipinski definition) is 1. The van der Waals surface area contributed by atoms with E-state index in [4.69, 9.17) is 0 Å². The summed E-state index contributed by atoms with van der Waals surface area (Å²) < 4.78 is 0. The molecule has 1 aliphatic rings. The summed E-state index contributed by atoms with van der Waals surface area (Å²) in [5.74, 6) is 0.527. The zero-order valence-electron chi connectivity index (χ0n) is 11.4. The minimum Gasteiger partial charge on any atom is -0.511 e. The van der Waals surface area contributed by atoms with Crippen molar-refractivity contribution in [3.63, 3.8) is 0 Å². The molecule has 0 aromatic heterocycles. The highest BCUT2D eigenvalue weighted by molar-refractivity contribution is 5.43. The van der Waals surface area contributed by atoms with Gasteiger partial charge in [0.15, 0.2) is 0 Å². The van der Waals surface area contributed by atoms with Gasteiger partial charge in [-0.2, -0.15) is 0 Å². The Labute approximate surface area is 99.6 Å². The molecule has 0 heterocycles. The van der Waals surface area contributed by atoms with Crippen LogP contribution in [0.4, 0.5) is 0 Å². The molecule has 0 radical (unpaired) electrons. The van der Waals surface area contributed by atoms with Gasteiger partial charge in [-0.25, -0.2) is 0 Å². The fourth-order valence-corrected chi connectivity index (χ4v) is 2.30. The summed E-state index contributed by atoms with van der Waals surface area (Å²) in [6.07, 6.45) is 4.04. The molecule has 1 heteroatoms. The van der Waals surface area contributed by atoms with Crippen molar-refractivity contribution in [1.82, 2.24) is 0 Å². The van der Waals surface area contributed by atoms with Crippen molar-refractivity contribution in [2.75, 3.05) is 0 Å². The van der Waals surface area contributed by atoms with Crippen LogP contribution >= 0.6 is 0 Å². The third-order valence-electron chi connectivity index (χ3n) is 3.06. The van der Waals surface area contributed by atoms with Gasteiger partial charge in [-0.05, 0) is 22.0 Å². The van der Waals surface area contributed by atoms with Crippen LogP contribution in [0.15, 0.2) is 35.6 Å². The molecule has 0 saturated heterocycles. The van der Waals surface area contributed by atoms with Gasteiger partial charge in [-0.15, -0.1) is 0 Å². The molecule has 1 rings (SSSR count). The fourth-order valence-electron chi connectivity index (χ4n) is 2.30. The van der Waals surface area contributed by atoms with Crippen LogP contribution in [-0.4, -0.2) is 5.11 Å². The Bertz CT molecular complexity index is 356. The summed E-state index contributed by atoms with van der Waals surface area (Å²) in [5, 5.41) is 10.4. The maximum atomic E-state index is 10.4. The van der Waals surface area contributed by atoms with Gasteiger partial charge in [0, 0.05) is 5.92 Å². The van der Waals surface area contributed by atoms with Crippen LogP contribution in [0.1, 0.15) is 41.5 Å². The van der Waals surface area contributed by atoms with Crippen LogP contribution in [0.2, 0.25) is 0 Å². The molecule has 0 amide bonds. The molecule has 1 N–H and O–H groups in total. The second kappa shape index (κ2) is 3.80. The summed E-state index contributed by atoms with van der Waals surface area (Å²) in [4.78, 5) is 0. The van der Waals surface area contributed by atoms with E-state index in [9.17, 15) is 5.11 Å². The minimum absolute atomic E-state index is 0.00241. The van der Waals surface area contributed by atoms with Crippen molar-refractivity contribution in [3.05, 3.63) is 35.6 Å². The molecule has 16 heavy (non-hydrogen) atoms. The number of allylic oxidation sites excluding steroid dienone is 4. The number of aliphatic hydroxyl groups excluding tert-OH is 1. The highest BCUT2D eigenvalue weighted by atomic mass is 16.3. The van der Waals surface area contributed by atoms with Gasteiger partial charge in [0.2, 0.25) is 0 Å². The maximum absolute atomic E-state index is 10.4. The summed E-state index contributed by atoms with van der Waals surface area (Å²) in [6.45, 7) is 16.8. The number of hydrogen-bond donors (Lipinski definition) is 1. The van der Waals surface area contributed by atoms with Crippen LogP contribution in [0.3, 0.4) is 0 Å². The van der Waals surface area contributed by atoms with E-state index in [1.165, 1.54) is 0 Å². The Morgan fingerprint density at radius 2 is 1.56 bits per heavy atom. The first kappa shape index (κ1) is 13.1. The second-order valence-electron chi connectivity index (χ2n) is 6.76. The summed E-state index contributed by atoms with van der Waals surface area (Å²) in [6, 6.07) is 0. The normalized spacial score (nSPS) is 22.9. The van der Waals surface area contributed by atoms with Crippen LogP contribution < -0.4 is 0 Å². The lowest BCUT2D eigenvalue weighted by Crippen LogP contribution is -2.28. The van der Waals surface area contributed by atoms with E-state index in [1.54, 1.807) is 0 Å². The lowest BCUT2D eigenvalue weighted by atomic mass is 9.69. The van der Waals surface area contributed by atoms with Crippen molar-refractivity contribution >= 4 is 0 Å². The van der Waals surface area contributed by atoms with E-state index in [-0.39, 0.29) is 16.7 Å². The lowest BCUT2D eigenvalue weighted by Gasteiger charge is -2.36. The van der Waals surface area contributed by atoms with Gasteiger partial charge in [0.05, 0.1) is 0 Å². The Hall–Kier alpha value is -0.980. The predicted molar refractivity (Wildman–Crippen MR) is 70.3 cm³/mol. The highest BCUT2D eigenvalue weighted by Crippen LogP contribution is 2.44. The van der Waals surface area contributed by atoms with Crippen LogP contribution in [-0.2, 0) is 0 Å². The number of rotatable bonds is 0. The van der Waals surface area contributed by atoms with Crippen molar-refractivity contribution in [3.8, 4) is 0 Å². The summed E-state index contributed by atoms with van der Waals surface area (Å²) in [5.41, 5.74) is 2.01. The molecular weight excluding hydrogens is 196 g/mol. The molecule has 0 bridgehead atoms. The van der Waals surface area contributed by atoms with E-state index < -0.39 is 0 Å². The largest absolute Gasteiger partial charge is 0.511 e. The smallest absolute Gasteiger partial charge is 0.104 e. The minimum atomic E-state index is -0.0230. The van der Waals surface area contributed by atoms with Gasteiger partial charge in [-0.3, -0.25) is 0 Å². The number of aliphatic hydroxyl groups is 1. The van der Waals surface area contributed by atoms with E-state index in [0.29, 0.717) is 5.76 Å². The first-order valence-corrected chi connectivity index (χ1v) is 5.85. The lowest BCUT2D eigenvalue weighted by molar-refractivity contribution is 0.222. The van der Waals surface area contributed by atoms with Crippen LogP contribution in [0.5, 0.6) is 0 Å². The van der Waals surface area contributed by atoms with Gasteiger partial charge < -0.3 is 5.11 Å². The Kier molecular flexibility index (Phi) is 3.11. The van der Waals surface area contributed by atoms with Gasteiger partial charge in [0.25, 0.3) is 0 Å². The third-order valence-corrected chi connectivity index (χ3v) is 3.06. The fraction of sp³-hybridized carbons (Fsp3) is 0.600. The molecule has 1 nitrogen and oxygen atoms in total. The second-order valence-corrected chi connectivity index (χ2v) is 6.76. The van der Waals surface area contributed by atoms with E-state index in [1.807, 2.05) is 12.2 Å². The predicted octanol–water partition coefficient (Wildman–Crippen LogP) is 4.63. The Balaban J connectivity index is 3.28. The topological polar surface area (TPSA) is 20.2 Å². The molecule has 0 aromatic carbocycles. The summed E-state index contributed by atoms with van der Waals surface area (Å²) >= 11 is 0. The average molecular weight is 220 g/mol. The standard InChI is InChI=1S/C15H24O/c1-10-8-9-11(14(2,3)4)13(16)12(10)15(5,6)7/h8-9,12,16H,1H2,2-7H3. The molecule has 1 atom stereocenters. The van der Waals surface area contributed by atoms with E-state index in [0.717, 1.165) is 11.1 Å². The van der Waals surface area contributed by atoms with E-state index >= 15 is 0 Å². The van der Waals surface area contributed by atoms with Crippen molar-refractivity contribution in [2.24, 2.45) is 16.7 Å². The molecule has 0 aliphatic heterocycles. The van der Waals surface area contributed by atoms with Crippen molar-refractivity contribution < 1.29 is 5.11 Å². The van der Waals surface area contributed by atoms with Gasteiger partial charge >= 0.3 is 0 Å². The Morgan fingerprint density at radius 1 is 1.06 bits per heavy atom. The molecule has 0 aromatic rings. The average Bonchev–Trinajstić information content (AvgIpc) is 1.97. The first-order chi connectivity index (χ1) is 7.05. The van der Waals surface area contributed by atoms with Gasteiger partial charge in [-0.1, -0.05) is 60.3 Å². The maximum Gasteiger partial charge on any atom is 0.104 e.